The van der Waals surface area contributed by atoms with Gasteiger partial charge in [0.05, 0.1) is 6.04 Å². The second kappa shape index (κ2) is 8.39. The number of hydrogen-bond acceptors (Lipinski definition) is 4. The highest BCUT2D eigenvalue weighted by molar-refractivity contribution is 5.91. The van der Waals surface area contributed by atoms with Crippen molar-refractivity contribution in [1.82, 2.24) is 10.2 Å². The van der Waals surface area contributed by atoms with Crippen LogP contribution in [0.1, 0.15) is 36.8 Å². The van der Waals surface area contributed by atoms with E-state index in [9.17, 15) is 19.5 Å². The Bertz CT molecular complexity index is 1100. The molecule has 0 radical (unpaired) electrons. The average molecular weight is 447 g/mol. The predicted molar refractivity (Wildman–Crippen MR) is 122 cm³/mol. The molecule has 7 nitrogen and oxygen atoms in total. The first-order chi connectivity index (χ1) is 16.0. The molecule has 1 aliphatic carbocycles. The Morgan fingerprint density at radius 3 is 2.30 bits per heavy atom. The van der Waals surface area contributed by atoms with Crippen LogP contribution in [0.15, 0.2) is 60.7 Å². The van der Waals surface area contributed by atoms with Crippen molar-refractivity contribution in [3.63, 3.8) is 0 Å². The summed E-state index contributed by atoms with van der Waals surface area (Å²) in [5.74, 6) is -1.76. The number of ether oxygens (including phenoxy) is 1. The molecule has 3 aliphatic rings. The van der Waals surface area contributed by atoms with Gasteiger partial charge in [0.2, 0.25) is 5.91 Å². The van der Waals surface area contributed by atoms with Crippen LogP contribution in [0.4, 0.5) is 4.79 Å². The highest BCUT2D eigenvalue weighted by Crippen LogP contribution is 2.44. The van der Waals surface area contributed by atoms with Gasteiger partial charge in [-0.25, -0.2) is 9.59 Å². The average Bonchev–Trinajstić information content (AvgIpc) is 3.36. The second-order valence-electron chi connectivity index (χ2n) is 8.94. The molecule has 33 heavy (non-hydrogen) atoms. The van der Waals surface area contributed by atoms with Crippen LogP contribution in [0.3, 0.4) is 0 Å². The van der Waals surface area contributed by atoms with E-state index in [1.54, 1.807) is 0 Å². The van der Waals surface area contributed by atoms with Crippen LogP contribution in [0.2, 0.25) is 0 Å². The number of benzene rings is 2. The van der Waals surface area contributed by atoms with Gasteiger partial charge in [-0.3, -0.25) is 4.79 Å². The van der Waals surface area contributed by atoms with Gasteiger partial charge in [-0.15, -0.1) is 0 Å². The Kier molecular flexibility index (Phi) is 5.40. The summed E-state index contributed by atoms with van der Waals surface area (Å²) < 4.78 is 5.60. The minimum atomic E-state index is -1.02. The normalized spacial score (nSPS) is 25.7. The lowest BCUT2D eigenvalue weighted by atomic mass is 9.98. The summed E-state index contributed by atoms with van der Waals surface area (Å²) in [7, 11) is 0. The van der Waals surface area contributed by atoms with Gasteiger partial charge in [0.1, 0.15) is 18.7 Å². The number of carbonyl (C=O) groups excluding carboxylic acids is 2. The van der Waals surface area contributed by atoms with E-state index in [4.69, 9.17) is 4.74 Å². The van der Waals surface area contributed by atoms with Gasteiger partial charge in [-0.2, -0.15) is 0 Å². The Hall–Kier alpha value is -3.61. The van der Waals surface area contributed by atoms with Crippen LogP contribution in [-0.2, 0) is 14.3 Å². The summed E-state index contributed by atoms with van der Waals surface area (Å²) in [5, 5.41) is 12.2. The molecule has 4 atom stereocenters. The molecule has 2 aliphatic heterocycles. The number of carbonyl (C=O) groups is 3. The van der Waals surface area contributed by atoms with Gasteiger partial charge >= 0.3 is 12.1 Å². The molecule has 2 aromatic carbocycles. The van der Waals surface area contributed by atoms with E-state index in [2.05, 4.69) is 17.4 Å². The van der Waals surface area contributed by atoms with Crippen molar-refractivity contribution in [3.05, 3.63) is 71.8 Å². The smallest absolute Gasteiger partial charge is 0.407 e. The van der Waals surface area contributed by atoms with Crippen LogP contribution in [0.5, 0.6) is 0 Å². The Morgan fingerprint density at radius 2 is 1.67 bits per heavy atom. The first kappa shape index (κ1) is 21.2. The van der Waals surface area contributed by atoms with Gasteiger partial charge in [0, 0.05) is 11.8 Å². The minimum absolute atomic E-state index is 0.0790. The number of nitrogens with zero attached hydrogens (tertiary/aromatic N) is 1. The quantitative estimate of drug-likeness (QED) is 0.701. The number of amides is 2. The number of aliphatic carboxylic acids is 1. The third-order valence-electron chi connectivity index (χ3n) is 7.01. The zero-order chi connectivity index (χ0) is 23.1. The highest BCUT2D eigenvalue weighted by Gasteiger charge is 2.45. The maximum absolute atomic E-state index is 13.2. The Balaban J connectivity index is 1.30. The number of nitrogens with one attached hydrogen (secondary N) is 1. The molecule has 2 N–H and O–H groups in total. The van der Waals surface area contributed by atoms with E-state index in [1.165, 1.54) is 4.90 Å². The summed E-state index contributed by atoms with van der Waals surface area (Å²) in [6.45, 7) is 1.98. The Labute approximate surface area is 192 Å². The highest BCUT2D eigenvalue weighted by atomic mass is 16.5. The molecule has 0 unspecified atom stereocenters. The maximum Gasteiger partial charge on any atom is 0.407 e. The van der Waals surface area contributed by atoms with Crippen molar-refractivity contribution >= 4 is 18.0 Å². The number of hydrogen-bond donors (Lipinski definition) is 2. The monoisotopic (exact) mass is 446 g/mol. The van der Waals surface area contributed by atoms with Gasteiger partial charge < -0.3 is 20.1 Å². The minimum Gasteiger partial charge on any atom is -0.480 e. The van der Waals surface area contributed by atoms with Gasteiger partial charge in [0.15, 0.2) is 0 Å². The predicted octanol–water partition coefficient (Wildman–Crippen LogP) is 3.54. The standard InChI is InChI=1S/C26H26N2O5/c1-15-10-11-16-12-13-22(25(30)31)28(16)24(29)23(15)27-26(32)33-14-21-19-8-4-2-6-17(19)18-7-3-5-9-20(18)21/h2-11,15-16,21-23H,12-14H2,1H3,(H,27,32)(H,30,31)/t15-,16+,22+,23+/m1/s1. The fourth-order valence-electron chi connectivity index (χ4n) is 5.35. The molecule has 1 saturated heterocycles. The number of rotatable bonds is 4. The summed E-state index contributed by atoms with van der Waals surface area (Å²) >= 11 is 0. The van der Waals surface area contributed by atoms with Gasteiger partial charge in [-0.1, -0.05) is 67.6 Å². The third kappa shape index (κ3) is 3.67. The summed E-state index contributed by atoms with van der Waals surface area (Å²) in [4.78, 5) is 39.0. The molecule has 2 aromatic rings. The van der Waals surface area contributed by atoms with Crippen molar-refractivity contribution < 1.29 is 24.2 Å². The fraction of sp³-hybridized carbons (Fsp3) is 0.346. The molecular formula is C26H26N2O5. The molecule has 2 heterocycles. The molecule has 0 spiro atoms. The van der Waals surface area contributed by atoms with E-state index in [1.807, 2.05) is 55.5 Å². The largest absolute Gasteiger partial charge is 0.480 e. The van der Waals surface area contributed by atoms with E-state index in [-0.39, 0.29) is 30.4 Å². The van der Waals surface area contributed by atoms with Crippen molar-refractivity contribution in [2.75, 3.05) is 6.61 Å². The first-order valence-electron chi connectivity index (χ1n) is 11.3. The topological polar surface area (TPSA) is 95.9 Å². The van der Waals surface area contributed by atoms with E-state index in [0.717, 1.165) is 22.3 Å². The van der Waals surface area contributed by atoms with Crippen LogP contribution in [0, 0.1) is 5.92 Å². The lowest BCUT2D eigenvalue weighted by Gasteiger charge is -2.30. The molecule has 0 aromatic heterocycles. The van der Waals surface area contributed by atoms with Crippen molar-refractivity contribution in [3.8, 4) is 11.1 Å². The number of carboxylic acid groups (broad SMARTS) is 1. The summed E-state index contributed by atoms with van der Waals surface area (Å²) in [6, 6.07) is 14.2. The zero-order valence-corrected chi connectivity index (χ0v) is 18.3. The van der Waals surface area contributed by atoms with Crippen LogP contribution < -0.4 is 5.32 Å². The van der Waals surface area contributed by atoms with E-state index >= 15 is 0 Å². The van der Waals surface area contributed by atoms with E-state index < -0.39 is 24.1 Å². The third-order valence-corrected chi connectivity index (χ3v) is 7.01. The second-order valence-corrected chi connectivity index (χ2v) is 8.94. The molecule has 5 rings (SSSR count). The van der Waals surface area contributed by atoms with Crippen LogP contribution in [-0.4, -0.2) is 52.7 Å². The van der Waals surface area contributed by atoms with Crippen molar-refractivity contribution in [2.45, 2.75) is 43.8 Å². The van der Waals surface area contributed by atoms with E-state index in [0.29, 0.717) is 12.8 Å². The van der Waals surface area contributed by atoms with Crippen molar-refractivity contribution in [2.24, 2.45) is 5.92 Å². The lowest BCUT2D eigenvalue weighted by Crippen LogP contribution is -2.54. The fourth-order valence-corrected chi connectivity index (χ4v) is 5.35. The number of alkyl carbamates (subject to hydrolysis) is 1. The Morgan fingerprint density at radius 1 is 1.03 bits per heavy atom. The SMILES string of the molecule is C[C@@H]1C=C[C@H]2CC[C@@H](C(=O)O)N2C(=O)[C@H]1NC(=O)OCC1c2ccccc2-c2ccccc21. The first-order valence-corrected chi connectivity index (χ1v) is 11.3. The van der Waals surface area contributed by atoms with Crippen molar-refractivity contribution in [1.29, 1.82) is 0 Å². The molecule has 1 fully saturated rings. The summed E-state index contributed by atoms with van der Waals surface area (Å²) in [5.41, 5.74) is 4.49. The zero-order valence-electron chi connectivity index (χ0n) is 18.3. The van der Waals surface area contributed by atoms with Gasteiger partial charge in [0.25, 0.3) is 0 Å². The number of carboxylic acids is 1. The van der Waals surface area contributed by atoms with Crippen LogP contribution >= 0.6 is 0 Å². The molecule has 0 saturated carbocycles. The van der Waals surface area contributed by atoms with Crippen LogP contribution in [0.25, 0.3) is 11.1 Å². The molecule has 0 bridgehead atoms. The van der Waals surface area contributed by atoms with Gasteiger partial charge in [-0.05, 0) is 35.1 Å². The lowest BCUT2D eigenvalue weighted by molar-refractivity contribution is -0.150. The molecular weight excluding hydrogens is 420 g/mol. The summed E-state index contributed by atoms with van der Waals surface area (Å²) in [6.07, 6.45) is 4.08. The number of fused-ring (bicyclic) bond motifs is 4. The maximum atomic E-state index is 13.2. The molecule has 7 heteroatoms. The molecule has 2 amide bonds. The molecule has 170 valence electrons.